The molecule has 0 spiro atoms. The van der Waals surface area contributed by atoms with Gasteiger partial charge in [0.2, 0.25) is 0 Å². The smallest absolute Gasteiger partial charge is 0.0776 e. The van der Waals surface area contributed by atoms with Crippen LogP contribution in [0.15, 0.2) is 64.9 Å². The van der Waals surface area contributed by atoms with E-state index >= 15 is 0 Å². The zero-order valence-corrected chi connectivity index (χ0v) is 10.4. The predicted molar refractivity (Wildman–Crippen MR) is 73.1 cm³/mol. The van der Waals surface area contributed by atoms with Crippen LogP contribution in [0.25, 0.3) is 6.08 Å². The maximum Gasteiger partial charge on any atom is 0.0776 e. The van der Waals surface area contributed by atoms with Gasteiger partial charge in [0.1, 0.15) is 0 Å². The Morgan fingerprint density at radius 1 is 1.06 bits per heavy atom. The van der Waals surface area contributed by atoms with Crippen LogP contribution in [0.4, 0.5) is 0 Å². The first-order chi connectivity index (χ1) is 8.66. The van der Waals surface area contributed by atoms with Gasteiger partial charge in [-0.15, -0.1) is 0 Å². The molecule has 0 N–H and O–H groups in total. The van der Waals surface area contributed by atoms with E-state index in [1.807, 2.05) is 49.4 Å². The fourth-order valence-electron chi connectivity index (χ4n) is 1.40. The summed E-state index contributed by atoms with van der Waals surface area (Å²) in [5.41, 5.74) is 2.01. The van der Waals surface area contributed by atoms with Crippen LogP contribution in [0, 0.1) is 6.92 Å². The van der Waals surface area contributed by atoms with Gasteiger partial charge in [0.15, 0.2) is 0 Å². The summed E-state index contributed by atoms with van der Waals surface area (Å²) in [5, 5.41) is 0.116. The van der Waals surface area contributed by atoms with Crippen molar-refractivity contribution in [2.75, 3.05) is 0 Å². The first-order valence-corrected chi connectivity index (χ1v) is 6.53. The van der Waals surface area contributed by atoms with E-state index in [1.165, 1.54) is 0 Å². The van der Waals surface area contributed by atoms with E-state index in [1.54, 1.807) is 18.2 Å². The fourth-order valence-corrected chi connectivity index (χ4v) is 2.16. The van der Waals surface area contributed by atoms with Gasteiger partial charge in [-0.25, -0.2) is 4.21 Å². The minimum atomic E-state index is -1.41. The van der Waals surface area contributed by atoms with Crippen molar-refractivity contribution in [3.05, 3.63) is 71.1 Å². The van der Waals surface area contributed by atoms with Crippen LogP contribution in [-0.2, 0) is 10.8 Å². The summed E-state index contributed by atoms with van der Waals surface area (Å²) in [6, 6.07) is 16.9. The fraction of sp³-hybridized carbons (Fsp3) is 0.0667. The van der Waals surface area contributed by atoms with Gasteiger partial charge in [-0.2, -0.15) is 0 Å². The highest BCUT2D eigenvalue weighted by atomic mass is 32.2. The molecular formula is C15H14OS. The molecule has 0 amide bonds. The molecule has 1 atom stereocenters. The van der Waals surface area contributed by atoms with E-state index in [-0.39, 0.29) is 5.38 Å². The molecule has 0 saturated heterocycles. The number of rotatable bonds is 3. The molecule has 17 heavy (non-hydrogen) atoms. The summed E-state index contributed by atoms with van der Waals surface area (Å²) in [7, 11) is -1.41. The van der Waals surface area contributed by atoms with Crippen molar-refractivity contribution >= 4 is 16.9 Å². The zero-order valence-electron chi connectivity index (χ0n) is 10.6. The molecule has 1 nitrogen and oxygen atoms in total. The largest absolute Gasteiger partial charge is 0.250 e. The third-order valence-electron chi connectivity index (χ3n) is 2.37. The lowest BCUT2D eigenvalue weighted by molar-refractivity contribution is 0.688. The summed E-state index contributed by atoms with van der Waals surface area (Å²) < 4.78 is 20.0. The normalized spacial score (nSPS) is 14.2. The van der Waals surface area contributed by atoms with Crippen LogP contribution in [0.3, 0.4) is 0 Å². The van der Waals surface area contributed by atoms with E-state index in [2.05, 4.69) is 0 Å². The van der Waals surface area contributed by atoms with E-state index < -0.39 is 10.8 Å². The van der Waals surface area contributed by atoms with Crippen molar-refractivity contribution in [3.8, 4) is 0 Å². The zero-order chi connectivity index (χ0) is 13.0. The number of hydrogen-bond donors (Lipinski definition) is 0. The van der Waals surface area contributed by atoms with Crippen LogP contribution >= 0.6 is 0 Å². The molecule has 0 saturated carbocycles. The average Bonchev–Trinajstić information content (AvgIpc) is 2.40. The second-order valence-electron chi connectivity index (χ2n) is 3.75. The molecule has 86 valence electrons. The molecular weight excluding hydrogens is 228 g/mol. The lowest BCUT2D eigenvalue weighted by Crippen LogP contribution is -1.86. The van der Waals surface area contributed by atoms with Crippen molar-refractivity contribution in [2.45, 2.75) is 11.8 Å². The van der Waals surface area contributed by atoms with Gasteiger partial charge in [-0.3, -0.25) is 0 Å². The summed E-state index contributed by atoms with van der Waals surface area (Å²) in [6.07, 6.45) is 1.63. The van der Waals surface area contributed by atoms with Crippen LogP contribution < -0.4 is 0 Å². The Balaban J connectivity index is 2.24. The van der Waals surface area contributed by atoms with Crippen LogP contribution in [0.2, 0.25) is 0 Å². The van der Waals surface area contributed by atoms with Gasteiger partial charge in [0.25, 0.3) is 0 Å². The Morgan fingerprint density at radius 3 is 2.35 bits per heavy atom. The Bertz CT molecular complexity index is 573. The minimum Gasteiger partial charge on any atom is -0.250 e. The predicted octanol–water partition coefficient (Wildman–Crippen LogP) is 3.77. The number of benzene rings is 2. The molecule has 0 radical (unpaired) electrons. The summed E-state index contributed by atoms with van der Waals surface area (Å²) >= 11 is 0. The van der Waals surface area contributed by atoms with Crippen LogP contribution in [0.1, 0.15) is 12.5 Å². The monoisotopic (exact) mass is 243 g/mol. The van der Waals surface area contributed by atoms with Gasteiger partial charge >= 0.3 is 0 Å². The van der Waals surface area contributed by atoms with Crippen molar-refractivity contribution in [1.82, 2.24) is 0 Å². The lowest BCUT2D eigenvalue weighted by atomic mass is 10.2. The van der Waals surface area contributed by atoms with Gasteiger partial charge in [0.05, 0.1) is 12.2 Å². The Kier molecular flexibility index (Phi) is 3.45. The molecule has 2 aromatic rings. The van der Waals surface area contributed by atoms with Crippen molar-refractivity contribution in [3.63, 3.8) is 0 Å². The molecule has 0 aliphatic rings. The summed E-state index contributed by atoms with van der Waals surface area (Å²) in [5.74, 6) is 0. The highest BCUT2D eigenvalue weighted by Gasteiger charge is 1.98. The first kappa shape index (κ1) is 10.5. The lowest BCUT2D eigenvalue weighted by Gasteiger charge is -1.97. The van der Waals surface area contributed by atoms with Crippen molar-refractivity contribution < 1.29 is 5.58 Å². The molecule has 0 heterocycles. The highest BCUT2D eigenvalue weighted by molar-refractivity contribution is 7.88. The number of hydrogen-bond acceptors (Lipinski definition) is 1. The topological polar surface area (TPSA) is 17.1 Å². The second-order valence-corrected chi connectivity index (χ2v) is 5.00. The van der Waals surface area contributed by atoms with Crippen molar-refractivity contribution in [2.24, 2.45) is 0 Å². The van der Waals surface area contributed by atoms with Gasteiger partial charge in [-0.05, 0) is 30.7 Å². The molecule has 0 aliphatic heterocycles. The molecule has 2 rings (SSSR count). The maximum atomic E-state index is 12.1. The first-order valence-electron chi connectivity index (χ1n) is 5.88. The van der Waals surface area contributed by atoms with E-state index in [4.69, 9.17) is 1.37 Å². The third-order valence-corrected chi connectivity index (χ3v) is 3.40. The average molecular weight is 243 g/mol. The SMILES string of the molecule is [2H]/C(=C/c1ccccc1)S(=O)c1ccc(C)cc1. The molecule has 0 aliphatic carbocycles. The number of aryl methyl sites for hydroxylation is 1. The summed E-state index contributed by atoms with van der Waals surface area (Å²) in [4.78, 5) is 0.665. The molecule has 2 aromatic carbocycles. The minimum absolute atomic E-state index is 0.116. The molecule has 0 fully saturated rings. The van der Waals surface area contributed by atoms with E-state index in [0.717, 1.165) is 11.1 Å². The third kappa shape index (κ3) is 3.40. The van der Waals surface area contributed by atoms with E-state index in [9.17, 15) is 4.21 Å². The van der Waals surface area contributed by atoms with Crippen LogP contribution in [0.5, 0.6) is 0 Å². The van der Waals surface area contributed by atoms with Gasteiger partial charge < -0.3 is 0 Å². The van der Waals surface area contributed by atoms with E-state index in [0.29, 0.717) is 4.90 Å². The van der Waals surface area contributed by atoms with Gasteiger partial charge in [0, 0.05) is 10.3 Å². The van der Waals surface area contributed by atoms with Crippen LogP contribution in [-0.4, -0.2) is 4.21 Å². The molecule has 2 heteroatoms. The quantitative estimate of drug-likeness (QED) is 0.802. The van der Waals surface area contributed by atoms with Gasteiger partial charge in [-0.1, -0.05) is 48.0 Å². The molecule has 1 unspecified atom stereocenters. The maximum absolute atomic E-state index is 12.1. The second kappa shape index (κ2) is 5.60. The Labute approximate surface area is 106 Å². The summed E-state index contributed by atoms with van der Waals surface area (Å²) in [6.45, 7) is 1.98. The molecule has 0 aromatic heterocycles. The van der Waals surface area contributed by atoms with Crippen molar-refractivity contribution in [1.29, 1.82) is 0 Å². The Morgan fingerprint density at radius 2 is 1.71 bits per heavy atom. The standard InChI is InChI=1S/C15H14OS/c1-13-7-9-15(10-8-13)17(16)12-11-14-5-3-2-4-6-14/h2-12H,1H3/b12-11-/i12D. The molecule has 0 bridgehead atoms. The highest BCUT2D eigenvalue weighted by Crippen LogP contribution is 2.11. The Hall–Kier alpha value is -1.67.